The van der Waals surface area contributed by atoms with E-state index >= 15 is 0 Å². The van der Waals surface area contributed by atoms with Crippen LogP contribution in [0.5, 0.6) is 0 Å². The predicted molar refractivity (Wildman–Crippen MR) is 67.8 cm³/mol. The Morgan fingerprint density at radius 3 is 2.21 bits per heavy atom. The highest BCUT2D eigenvalue weighted by Gasteiger charge is 2.24. The van der Waals surface area contributed by atoms with Gasteiger partial charge in [-0.25, -0.2) is 0 Å². The van der Waals surface area contributed by atoms with Gasteiger partial charge in [-0.2, -0.15) is 0 Å². The summed E-state index contributed by atoms with van der Waals surface area (Å²) in [5.41, 5.74) is 1.49. The SMILES string of the molecule is Brc1cc2c3c(c1)SCCN3CCS2. The molecule has 0 fully saturated rings. The second-order valence-electron chi connectivity index (χ2n) is 3.43. The van der Waals surface area contributed by atoms with Crippen LogP contribution in [0.4, 0.5) is 5.69 Å². The van der Waals surface area contributed by atoms with Crippen LogP contribution in [0.15, 0.2) is 26.4 Å². The molecule has 1 aromatic rings. The summed E-state index contributed by atoms with van der Waals surface area (Å²) in [4.78, 5) is 5.44. The molecule has 74 valence electrons. The summed E-state index contributed by atoms with van der Waals surface area (Å²) in [6, 6.07) is 4.50. The van der Waals surface area contributed by atoms with E-state index in [1.807, 2.05) is 23.5 Å². The van der Waals surface area contributed by atoms with Gasteiger partial charge in [-0.1, -0.05) is 15.9 Å². The second-order valence-corrected chi connectivity index (χ2v) is 6.62. The van der Waals surface area contributed by atoms with Crippen molar-refractivity contribution in [1.29, 1.82) is 0 Å². The molecule has 1 aromatic carbocycles. The largest absolute Gasteiger partial charge is 0.368 e. The number of halogens is 1. The highest BCUT2D eigenvalue weighted by atomic mass is 79.9. The van der Waals surface area contributed by atoms with Gasteiger partial charge in [0.2, 0.25) is 0 Å². The summed E-state index contributed by atoms with van der Waals surface area (Å²) in [6.07, 6.45) is 0. The van der Waals surface area contributed by atoms with Gasteiger partial charge < -0.3 is 4.90 Å². The van der Waals surface area contributed by atoms with Crippen LogP contribution >= 0.6 is 39.5 Å². The summed E-state index contributed by atoms with van der Waals surface area (Å²) in [5.74, 6) is 2.46. The van der Waals surface area contributed by atoms with Gasteiger partial charge in [-0.3, -0.25) is 0 Å². The summed E-state index contributed by atoms with van der Waals surface area (Å²) >= 11 is 7.55. The van der Waals surface area contributed by atoms with Crippen LogP contribution in [0.3, 0.4) is 0 Å². The van der Waals surface area contributed by atoms with Crippen LogP contribution < -0.4 is 4.90 Å². The molecule has 1 nitrogen and oxygen atoms in total. The maximum absolute atomic E-state index is 3.58. The van der Waals surface area contributed by atoms with Gasteiger partial charge >= 0.3 is 0 Å². The standard InChI is InChI=1S/C10H10BrNS2/c11-7-5-8-10-9(6-7)14-4-2-12(10)1-3-13-8/h5-6H,1-4H2. The molecule has 0 unspecified atom stereocenters. The fourth-order valence-electron chi connectivity index (χ4n) is 1.95. The lowest BCUT2D eigenvalue weighted by atomic mass is 10.2. The first-order chi connectivity index (χ1) is 6.84. The van der Waals surface area contributed by atoms with Crippen molar-refractivity contribution >= 4 is 45.1 Å². The van der Waals surface area contributed by atoms with Crippen molar-refractivity contribution < 1.29 is 0 Å². The Balaban J connectivity index is 2.20. The molecular weight excluding hydrogens is 278 g/mol. The van der Waals surface area contributed by atoms with E-state index in [0.29, 0.717) is 0 Å². The molecule has 0 spiro atoms. The number of benzene rings is 1. The van der Waals surface area contributed by atoms with E-state index in [0.717, 1.165) is 0 Å². The molecule has 0 aromatic heterocycles. The molecule has 0 atom stereocenters. The van der Waals surface area contributed by atoms with Gasteiger partial charge in [0.15, 0.2) is 0 Å². The third-order valence-corrected chi connectivity index (χ3v) is 5.03. The number of hydrogen-bond donors (Lipinski definition) is 0. The number of rotatable bonds is 0. The smallest absolute Gasteiger partial charge is 0.0643 e. The Hall–Kier alpha value is 0.200. The zero-order chi connectivity index (χ0) is 9.54. The Morgan fingerprint density at radius 2 is 1.64 bits per heavy atom. The van der Waals surface area contributed by atoms with E-state index < -0.39 is 0 Å². The van der Waals surface area contributed by atoms with E-state index in [9.17, 15) is 0 Å². The van der Waals surface area contributed by atoms with Crippen molar-refractivity contribution in [2.45, 2.75) is 9.79 Å². The summed E-state index contributed by atoms with van der Waals surface area (Å²) in [6.45, 7) is 2.43. The summed E-state index contributed by atoms with van der Waals surface area (Å²) in [5, 5.41) is 0. The molecule has 14 heavy (non-hydrogen) atoms. The van der Waals surface area contributed by atoms with Crippen LogP contribution in [-0.2, 0) is 0 Å². The van der Waals surface area contributed by atoms with Crippen molar-refractivity contribution in [3.05, 3.63) is 16.6 Å². The molecule has 0 saturated carbocycles. The van der Waals surface area contributed by atoms with E-state index in [1.54, 1.807) is 0 Å². The Morgan fingerprint density at radius 1 is 1.07 bits per heavy atom. The van der Waals surface area contributed by atoms with Crippen LogP contribution in [0.25, 0.3) is 0 Å². The molecule has 2 aliphatic rings. The molecule has 0 aliphatic carbocycles. The van der Waals surface area contributed by atoms with Crippen molar-refractivity contribution in [2.24, 2.45) is 0 Å². The van der Waals surface area contributed by atoms with Crippen LogP contribution in [-0.4, -0.2) is 24.6 Å². The van der Waals surface area contributed by atoms with Gasteiger partial charge in [-0.05, 0) is 12.1 Å². The lowest BCUT2D eigenvalue weighted by Gasteiger charge is -2.35. The van der Waals surface area contributed by atoms with E-state index in [1.165, 1.54) is 44.5 Å². The lowest BCUT2D eigenvalue weighted by molar-refractivity contribution is 0.830. The summed E-state index contributed by atoms with van der Waals surface area (Å²) < 4.78 is 1.22. The molecule has 0 bridgehead atoms. The van der Waals surface area contributed by atoms with Gasteiger partial charge in [0.1, 0.15) is 0 Å². The van der Waals surface area contributed by atoms with Crippen molar-refractivity contribution in [1.82, 2.24) is 0 Å². The molecule has 0 radical (unpaired) electrons. The van der Waals surface area contributed by atoms with Gasteiger partial charge in [-0.15, -0.1) is 23.5 Å². The Labute approximate surface area is 101 Å². The fourth-order valence-corrected chi connectivity index (χ4v) is 5.01. The predicted octanol–water partition coefficient (Wildman–Crippen LogP) is 3.47. The number of thioether (sulfide) groups is 2. The van der Waals surface area contributed by atoms with Gasteiger partial charge in [0, 0.05) is 38.9 Å². The monoisotopic (exact) mass is 287 g/mol. The quantitative estimate of drug-likeness (QED) is 0.719. The highest BCUT2D eigenvalue weighted by Crippen LogP contribution is 2.45. The normalized spacial score (nSPS) is 19.4. The zero-order valence-corrected chi connectivity index (χ0v) is 10.8. The van der Waals surface area contributed by atoms with Crippen molar-refractivity contribution in [3.63, 3.8) is 0 Å². The fraction of sp³-hybridized carbons (Fsp3) is 0.400. The zero-order valence-electron chi connectivity index (χ0n) is 7.62. The maximum Gasteiger partial charge on any atom is 0.0643 e. The van der Waals surface area contributed by atoms with E-state index in [2.05, 4.69) is 33.0 Å². The first-order valence-corrected chi connectivity index (χ1v) is 7.45. The third kappa shape index (κ3) is 1.48. The van der Waals surface area contributed by atoms with Crippen LogP contribution in [0, 0.1) is 0 Å². The van der Waals surface area contributed by atoms with Gasteiger partial charge in [0.25, 0.3) is 0 Å². The molecule has 0 saturated heterocycles. The molecular formula is C10H10BrNS2. The average molecular weight is 288 g/mol. The minimum atomic E-state index is 1.22. The number of nitrogens with zero attached hydrogens (tertiary/aromatic N) is 1. The minimum Gasteiger partial charge on any atom is -0.368 e. The maximum atomic E-state index is 3.58. The molecule has 0 amide bonds. The first kappa shape index (κ1) is 9.43. The topological polar surface area (TPSA) is 3.24 Å². The molecule has 2 aliphatic heterocycles. The Kier molecular flexibility index (Phi) is 2.46. The van der Waals surface area contributed by atoms with Gasteiger partial charge in [0.05, 0.1) is 5.69 Å². The van der Waals surface area contributed by atoms with Crippen LogP contribution in [0.1, 0.15) is 0 Å². The van der Waals surface area contributed by atoms with Crippen molar-refractivity contribution in [2.75, 3.05) is 29.5 Å². The Bertz CT molecular complexity index is 349. The minimum absolute atomic E-state index is 1.22. The number of anilines is 1. The lowest BCUT2D eigenvalue weighted by Crippen LogP contribution is -2.33. The third-order valence-electron chi connectivity index (χ3n) is 2.56. The molecule has 2 heterocycles. The average Bonchev–Trinajstić information content (AvgIpc) is 2.18. The number of hydrogen-bond acceptors (Lipinski definition) is 3. The molecule has 4 heteroatoms. The first-order valence-electron chi connectivity index (χ1n) is 4.69. The van der Waals surface area contributed by atoms with E-state index in [4.69, 9.17) is 0 Å². The molecule has 3 rings (SSSR count). The van der Waals surface area contributed by atoms with Crippen LogP contribution in [0.2, 0.25) is 0 Å². The van der Waals surface area contributed by atoms with E-state index in [-0.39, 0.29) is 0 Å². The summed E-state index contributed by atoms with van der Waals surface area (Å²) in [7, 11) is 0. The highest BCUT2D eigenvalue weighted by molar-refractivity contribution is 9.10. The second kappa shape index (κ2) is 3.65. The molecule has 0 N–H and O–H groups in total. The van der Waals surface area contributed by atoms with Crippen molar-refractivity contribution in [3.8, 4) is 0 Å².